The van der Waals surface area contributed by atoms with Crippen LogP contribution in [0.1, 0.15) is 33.8 Å². The first kappa shape index (κ1) is 20.7. The number of nitrogens with one attached hydrogen (secondary N) is 1. The molecule has 33 heavy (non-hydrogen) atoms. The van der Waals surface area contributed by atoms with Crippen LogP contribution in [0.4, 0.5) is 0 Å². The van der Waals surface area contributed by atoms with Crippen LogP contribution in [0.2, 0.25) is 0 Å². The number of hydrogen-bond donors (Lipinski definition) is 1. The van der Waals surface area contributed by atoms with Crippen molar-refractivity contribution in [3.8, 4) is 0 Å². The summed E-state index contributed by atoms with van der Waals surface area (Å²) >= 11 is 1.73. The summed E-state index contributed by atoms with van der Waals surface area (Å²) in [7, 11) is 1.51. The number of aromatic amines is 1. The first-order chi connectivity index (χ1) is 16.3. The zero-order valence-electron chi connectivity index (χ0n) is 18.6. The first-order valence-electron chi connectivity index (χ1n) is 11.5. The molecule has 0 unspecified atom stereocenters. The summed E-state index contributed by atoms with van der Waals surface area (Å²) in [4.78, 5) is 22.7. The normalized spacial score (nSPS) is 22.9. The number of aromatic nitrogens is 1. The highest BCUT2D eigenvalue weighted by atomic mass is 32.1. The van der Waals surface area contributed by atoms with Gasteiger partial charge in [0.05, 0.1) is 19.3 Å². The Hall–Kier alpha value is -2.93. The summed E-state index contributed by atoms with van der Waals surface area (Å²) in [6.45, 7) is 1.71. The minimum absolute atomic E-state index is 0.0289. The lowest BCUT2D eigenvalue weighted by Crippen LogP contribution is -2.43. The summed E-state index contributed by atoms with van der Waals surface area (Å²) in [5.41, 5.74) is 5.18. The van der Waals surface area contributed by atoms with E-state index < -0.39 is 0 Å². The molecule has 4 heterocycles. The van der Waals surface area contributed by atoms with Crippen LogP contribution < -0.4 is 0 Å². The van der Waals surface area contributed by atoms with Crippen molar-refractivity contribution in [1.29, 1.82) is 0 Å². The van der Waals surface area contributed by atoms with Gasteiger partial charge in [-0.05, 0) is 47.0 Å². The Morgan fingerprint density at radius 1 is 1.12 bits per heavy atom. The van der Waals surface area contributed by atoms with Crippen LogP contribution in [0.25, 0.3) is 10.9 Å². The highest BCUT2D eigenvalue weighted by Crippen LogP contribution is 2.49. The van der Waals surface area contributed by atoms with Gasteiger partial charge in [-0.2, -0.15) is 0 Å². The Morgan fingerprint density at radius 3 is 2.82 bits per heavy atom. The lowest BCUT2D eigenvalue weighted by Gasteiger charge is -2.37. The van der Waals surface area contributed by atoms with Crippen LogP contribution >= 0.6 is 11.3 Å². The van der Waals surface area contributed by atoms with E-state index >= 15 is 0 Å². The van der Waals surface area contributed by atoms with Gasteiger partial charge in [-0.25, -0.2) is 0 Å². The molecule has 3 atom stereocenters. The zero-order chi connectivity index (χ0) is 22.4. The number of fused-ring (bicyclic) bond motifs is 4. The van der Waals surface area contributed by atoms with Crippen molar-refractivity contribution in [2.24, 2.45) is 0 Å². The van der Waals surface area contributed by atoms with Gasteiger partial charge in [0.15, 0.2) is 0 Å². The van der Waals surface area contributed by atoms with Crippen LogP contribution in [0.3, 0.4) is 0 Å². The van der Waals surface area contributed by atoms with E-state index in [2.05, 4.69) is 87.0 Å². The lowest BCUT2D eigenvalue weighted by atomic mass is 9.96. The Labute approximate surface area is 197 Å². The minimum atomic E-state index is -0.310. The number of hydrogen-bond acceptors (Lipinski definition) is 5. The maximum Gasteiger partial charge on any atom is 0.325 e. The molecule has 4 aromatic rings. The van der Waals surface area contributed by atoms with Crippen molar-refractivity contribution in [1.82, 2.24) is 14.8 Å². The van der Waals surface area contributed by atoms with E-state index in [1.165, 1.54) is 39.6 Å². The topological polar surface area (TPSA) is 48.6 Å². The quantitative estimate of drug-likeness (QED) is 0.432. The molecule has 1 N–H and O–H groups in total. The van der Waals surface area contributed by atoms with Gasteiger partial charge in [0.1, 0.15) is 6.04 Å². The van der Waals surface area contributed by atoms with Crippen LogP contribution in [0, 0.1) is 0 Å². The van der Waals surface area contributed by atoms with Gasteiger partial charge >= 0.3 is 5.97 Å². The SMILES string of the molecule is COC(=O)[C@@H]1[C@@H](c2cccs2)N(CCc2c[nH]c3ccccc23)[C@H]2c3ccccc3CCN21. The van der Waals surface area contributed by atoms with E-state index in [9.17, 15) is 4.79 Å². The molecule has 0 radical (unpaired) electrons. The van der Waals surface area contributed by atoms with Gasteiger partial charge < -0.3 is 9.72 Å². The van der Waals surface area contributed by atoms with Crippen molar-refractivity contribution in [3.63, 3.8) is 0 Å². The fraction of sp³-hybridized carbons (Fsp3) is 0.296. The van der Waals surface area contributed by atoms with Gasteiger partial charge in [0.25, 0.3) is 0 Å². The lowest BCUT2D eigenvalue weighted by molar-refractivity contribution is -0.147. The summed E-state index contributed by atoms with van der Waals surface area (Å²) in [5, 5.41) is 3.38. The number of esters is 1. The molecule has 0 saturated carbocycles. The third-order valence-electron chi connectivity index (χ3n) is 7.21. The molecule has 0 aliphatic carbocycles. The van der Waals surface area contributed by atoms with Crippen molar-refractivity contribution >= 4 is 28.2 Å². The average molecular weight is 458 g/mol. The van der Waals surface area contributed by atoms with Gasteiger partial charge in [-0.1, -0.05) is 48.5 Å². The van der Waals surface area contributed by atoms with E-state index in [0.29, 0.717) is 0 Å². The number of nitrogens with zero attached hydrogens (tertiary/aromatic N) is 2. The number of carbonyl (C=O) groups is 1. The second-order valence-electron chi connectivity index (χ2n) is 8.84. The zero-order valence-corrected chi connectivity index (χ0v) is 19.4. The number of ether oxygens (including phenoxy) is 1. The molecule has 0 amide bonds. The van der Waals surface area contributed by atoms with Gasteiger partial charge in [0.2, 0.25) is 0 Å². The maximum absolute atomic E-state index is 13.1. The molecule has 2 aliphatic heterocycles. The van der Waals surface area contributed by atoms with Crippen LogP contribution in [-0.4, -0.2) is 47.0 Å². The number of rotatable bonds is 5. The molecule has 1 saturated heterocycles. The van der Waals surface area contributed by atoms with Crippen LogP contribution in [0.5, 0.6) is 0 Å². The number of methoxy groups -OCH3 is 1. The van der Waals surface area contributed by atoms with Crippen LogP contribution in [-0.2, 0) is 22.4 Å². The molecule has 0 spiro atoms. The predicted molar refractivity (Wildman–Crippen MR) is 131 cm³/mol. The number of carbonyl (C=O) groups excluding carboxylic acids is 1. The van der Waals surface area contributed by atoms with E-state index in [0.717, 1.165) is 25.9 Å². The third-order valence-corrected chi connectivity index (χ3v) is 8.15. The van der Waals surface area contributed by atoms with E-state index in [-0.39, 0.29) is 24.2 Å². The molecular formula is C27H27N3O2S. The van der Waals surface area contributed by atoms with E-state index in [4.69, 9.17) is 4.74 Å². The largest absolute Gasteiger partial charge is 0.468 e. The Morgan fingerprint density at radius 2 is 1.97 bits per heavy atom. The molecule has 168 valence electrons. The Kier molecular flexibility index (Phi) is 5.29. The average Bonchev–Trinajstić information content (AvgIpc) is 3.59. The molecule has 1 fully saturated rings. The van der Waals surface area contributed by atoms with Crippen LogP contribution in [0.15, 0.2) is 72.2 Å². The molecule has 2 aliphatic rings. The highest BCUT2D eigenvalue weighted by Gasteiger charge is 2.53. The Balaban J connectivity index is 1.43. The molecule has 2 aromatic carbocycles. The van der Waals surface area contributed by atoms with Gasteiger partial charge in [0, 0.05) is 35.1 Å². The smallest absolute Gasteiger partial charge is 0.325 e. The second kappa shape index (κ2) is 8.45. The van der Waals surface area contributed by atoms with Crippen molar-refractivity contribution < 1.29 is 9.53 Å². The highest BCUT2D eigenvalue weighted by molar-refractivity contribution is 7.10. The fourth-order valence-electron chi connectivity index (χ4n) is 5.75. The molecular weight excluding hydrogens is 430 g/mol. The van der Waals surface area contributed by atoms with Crippen molar-refractivity contribution in [2.75, 3.05) is 20.2 Å². The monoisotopic (exact) mass is 457 g/mol. The standard InChI is InChI=1S/C27H27N3O2S/c1-32-27(31)25-24(23-11-6-16-33-23)29(15-13-19-17-28-22-10-5-4-8-20(19)22)26-21-9-3-2-7-18(21)12-14-30(25)26/h2-11,16-17,24-26,28H,12-15H2,1H3/t24-,25+,26-/m1/s1. The molecule has 0 bridgehead atoms. The van der Waals surface area contributed by atoms with Gasteiger partial charge in [-0.15, -0.1) is 11.3 Å². The second-order valence-corrected chi connectivity index (χ2v) is 9.82. The molecule has 2 aromatic heterocycles. The number of benzene rings is 2. The third kappa shape index (κ3) is 3.41. The minimum Gasteiger partial charge on any atom is -0.468 e. The summed E-state index contributed by atoms with van der Waals surface area (Å²) < 4.78 is 5.35. The van der Waals surface area contributed by atoms with E-state index in [1.807, 2.05) is 0 Å². The fourth-order valence-corrected chi connectivity index (χ4v) is 6.63. The maximum atomic E-state index is 13.1. The van der Waals surface area contributed by atoms with Crippen molar-refractivity contribution in [2.45, 2.75) is 31.1 Å². The summed E-state index contributed by atoms with van der Waals surface area (Å²) in [6, 6.07) is 21.1. The molecule has 5 nitrogen and oxygen atoms in total. The number of thiophene rings is 1. The van der Waals surface area contributed by atoms with Crippen molar-refractivity contribution in [3.05, 3.63) is 93.8 Å². The number of para-hydroxylation sites is 1. The van der Waals surface area contributed by atoms with E-state index in [1.54, 1.807) is 11.3 Å². The summed E-state index contributed by atoms with van der Waals surface area (Å²) in [6.07, 6.45) is 4.06. The molecule has 6 rings (SSSR count). The predicted octanol–water partition coefficient (Wildman–Crippen LogP) is 4.93. The number of H-pyrrole nitrogens is 1. The summed E-state index contributed by atoms with van der Waals surface area (Å²) in [5.74, 6) is -0.146. The van der Waals surface area contributed by atoms with Gasteiger partial charge in [-0.3, -0.25) is 14.6 Å². The Bertz CT molecular complexity index is 1280. The molecule has 6 heteroatoms. The first-order valence-corrected chi connectivity index (χ1v) is 12.4.